The van der Waals surface area contributed by atoms with E-state index in [9.17, 15) is 10.1 Å². The highest BCUT2D eigenvalue weighted by atomic mass is 32.1. The third-order valence-corrected chi connectivity index (χ3v) is 3.22. The second-order valence-electron chi connectivity index (χ2n) is 4.84. The van der Waals surface area contributed by atoms with Crippen LogP contribution in [0.25, 0.3) is 0 Å². The molecule has 0 aromatic heterocycles. The molecule has 0 atom stereocenters. The van der Waals surface area contributed by atoms with Crippen LogP contribution >= 0.6 is 12.2 Å². The molecule has 0 saturated heterocycles. The van der Waals surface area contributed by atoms with E-state index >= 15 is 0 Å². The Bertz CT molecular complexity index is 546. The Kier molecular flexibility index (Phi) is 8.06. The number of nitrogens with one attached hydrogen (secondary N) is 2. The van der Waals surface area contributed by atoms with Crippen LogP contribution < -0.4 is 10.7 Å². The quantitative estimate of drug-likeness (QED) is 0.252. The summed E-state index contributed by atoms with van der Waals surface area (Å²) < 4.78 is 0. The van der Waals surface area contributed by atoms with Crippen LogP contribution in [0.1, 0.15) is 45.1 Å². The predicted molar refractivity (Wildman–Crippen MR) is 93.2 cm³/mol. The summed E-state index contributed by atoms with van der Waals surface area (Å²) in [5.41, 5.74) is 4.36. The Hall–Kier alpha value is -2.02. The summed E-state index contributed by atoms with van der Waals surface area (Å²) in [4.78, 5) is 10.5. The lowest BCUT2D eigenvalue weighted by atomic mass is 10.1. The Morgan fingerprint density at radius 1 is 1.36 bits per heavy atom. The van der Waals surface area contributed by atoms with Crippen LogP contribution in [-0.4, -0.2) is 22.3 Å². The molecule has 1 rings (SSSR count). The Morgan fingerprint density at radius 2 is 2.14 bits per heavy atom. The van der Waals surface area contributed by atoms with Crippen molar-refractivity contribution in [3.05, 3.63) is 39.9 Å². The van der Waals surface area contributed by atoms with Crippen molar-refractivity contribution in [2.24, 2.45) is 5.10 Å². The normalized spacial score (nSPS) is 11.1. The summed E-state index contributed by atoms with van der Waals surface area (Å²) in [5, 5.41) is 18.7. The van der Waals surface area contributed by atoms with E-state index in [1.54, 1.807) is 6.07 Å². The lowest BCUT2D eigenvalue weighted by Crippen LogP contribution is -2.33. The summed E-state index contributed by atoms with van der Waals surface area (Å²) in [6.07, 6.45) is 3.73. The molecule has 0 aliphatic rings. The zero-order valence-electron chi connectivity index (χ0n) is 13.0. The van der Waals surface area contributed by atoms with Crippen molar-refractivity contribution in [1.82, 2.24) is 10.7 Å². The maximum Gasteiger partial charge on any atom is 0.270 e. The van der Waals surface area contributed by atoms with Gasteiger partial charge in [-0.2, -0.15) is 5.10 Å². The molecule has 1 aromatic rings. The van der Waals surface area contributed by atoms with Crippen molar-refractivity contribution < 1.29 is 4.92 Å². The number of rotatable bonds is 8. The van der Waals surface area contributed by atoms with Gasteiger partial charge in [-0.05, 0) is 25.1 Å². The minimum Gasteiger partial charge on any atom is -0.361 e. The highest BCUT2D eigenvalue weighted by molar-refractivity contribution is 7.80. The molecule has 0 fully saturated rings. The number of hydrogen-bond donors (Lipinski definition) is 2. The predicted octanol–water partition coefficient (Wildman–Crippen LogP) is 3.36. The van der Waals surface area contributed by atoms with Gasteiger partial charge in [0.2, 0.25) is 0 Å². The van der Waals surface area contributed by atoms with Crippen LogP contribution in [-0.2, 0) is 0 Å². The third-order valence-electron chi connectivity index (χ3n) is 2.99. The fourth-order valence-electron chi connectivity index (χ4n) is 1.84. The van der Waals surface area contributed by atoms with Crippen molar-refractivity contribution in [3.8, 4) is 0 Å². The monoisotopic (exact) mass is 322 g/mol. The van der Waals surface area contributed by atoms with Gasteiger partial charge in [0.1, 0.15) is 0 Å². The molecule has 0 bridgehead atoms. The van der Waals surface area contributed by atoms with Gasteiger partial charge < -0.3 is 5.32 Å². The molecular formula is C15H22N4O2S. The number of non-ortho nitro benzene ring substituents is 1. The molecule has 0 aliphatic carbocycles. The fourth-order valence-corrected chi connectivity index (χ4v) is 1.98. The third kappa shape index (κ3) is 6.17. The molecule has 22 heavy (non-hydrogen) atoms. The number of nitro benzene ring substituents is 1. The lowest BCUT2D eigenvalue weighted by Gasteiger charge is -2.09. The molecule has 0 heterocycles. The SMILES string of the molecule is CCCCNC(=S)N/N=C(/CCC)c1cccc([N+](=O)[O-])c1. The van der Waals surface area contributed by atoms with E-state index in [0.29, 0.717) is 11.5 Å². The van der Waals surface area contributed by atoms with Gasteiger partial charge in [0.05, 0.1) is 10.6 Å². The number of thiocarbonyl (C=S) groups is 1. The summed E-state index contributed by atoms with van der Waals surface area (Å²) in [7, 11) is 0. The molecule has 7 heteroatoms. The number of hydrazone groups is 1. The Morgan fingerprint density at radius 3 is 2.77 bits per heavy atom. The second-order valence-corrected chi connectivity index (χ2v) is 5.25. The van der Waals surface area contributed by atoms with Crippen molar-refractivity contribution in [2.75, 3.05) is 6.54 Å². The van der Waals surface area contributed by atoms with Gasteiger partial charge in [0.25, 0.3) is 5.69 Å². The summed E-state index contributed by atoms with van der Waals surface area (Å²) in [6, 6.07) is 6.48. The standard InChI is InChI=1S/C15H22N4O2S/c1-3-5-10-16-15(22)18-17-14(7-4-2)12-8-6-9-13(11-12)19(20)21/h6,8-9,11H,3-5,7,10H2,1-2H3,(H2,16,18,22)/b17-14-. The summed E-state index contributed by atoms with van der Waals surface area (Å²) in [5.74, 6) is 0. The van der Waals surface area contributed by atoms with E-state index < -0.39 is 4.92 Å². The van der Waals surface area contributed by atoms with Crippen LogP contribution in [0.3, 0.4) is 0 Å². The first-order valence-corrected chi connectivity index (χ1v) is 7.84. The lowest BCUT2D eigenvalue weighted by molar-refractivity contribution is -0.384. The largest absolute Gasteiger partial charge is 0.361 e. The fraction of sp³-hybridized carbons (Fsp3) is 0.467. The van der Waals surface area contributed by atoms with E-state index in [0.717, 1.165) is 37.1 Å². The molecule has 0 radical (unpaired) electrons. The summed E-state index contributed by atoms with van der Waals surface area (Å²) >= 11 is 5.15. The first-order chi connectivity index (χ1) is 10.6. The van der Waals surface area contributed by atoms with Gasteiger partial charge in [-0.15, -0.1) is 0 Å². The second kappa shape index (κ2) is 9.83. The van der Waals surface area contributed by atoms with Crippen molar-refractivity contribution in [3.63, 3.8) is 0 Å². The molecule has 0 spiro atoms. The average molecular weight is 322 g/mol. The highest BCUT2D eigenvalue weighted by Gasteiger charge is 2.10. The van der Waals surface area contributed by atoms with Gasteiger partial charge in [0, 0.05) is 24.2 Å². The van der Waals surface area contributed by atoms with E-state index in [1.165, 1.54) is 12.1 Å². The first kappa shape index (κ1) is 18.0. The van der Waals surface area contributed by atoms with Crippen molar-refractivity contribution >= 4 is 28.7 Å². The number of hydrogen-bond acceptors (Lipinski definition) is 4. The molecule has 0 aliphatic heterocycles. The number of unbranched alkanes of at least 4 members (excludes halogenated alkanes) is 1. The molecule has 0 amide bonds. The van der Waals surface area contributed by atoms with Crippen molar-refractivity contribution in [1.29, 1.82) is 0 Å². The van der Waals surface area contributed by atoms with Crippen molar-refractivity contribution in [2.45, 2.75) is 39.5 Å². The Labute approximate surface area is 136 Å². The van der Waals surface area contributed by atoms with Gasteiger partial charge in [0.15, 0.2) is 5.11 Å². The number of benzene rings is 1. The molecular weight excluding hydrogens is 300 g/mol. The maximum atomic E-state index is 10.9. The maximum absolute atomic E-state index is 10.9. The molecule has 1 aromatic carbocycles. The Balaban J connectivity index is 2.79. The molecule has 2 N–H and O–H groups in total. The van der Waals surface area contributed by atoms with Crippen LogP contribution in [0, 0.1) is 10.1 Å². The minimum absolute atomic E-state index is 0.0601. The number of nitro groups is 1. The topological polar surface area (TPSA) is 79.6 Å². The van der Waals surface area contributed by atoms with Crippen LogP contribution in [0.2, 0.25) is 0 Å². The highest BCUT2D eigenvalue weighted by Crippen LogP contribution is 2.15. The summed E-state index contributed by atoms with van der Waals surface area (Å²) in [6.45, 7) is 4.94. The van der Waals surface area contributed by atoms with E-state index in [-0.39, 0.29) is 5.69 Å². The zero-order valence-corrected chi connectivity index (χ0v) is 13.8. The van der Waals surface area contributed by atoms with Crippen LogP contribution in [0.4, 0.5) is 5.69 Å². The molecule has 0 saturated carbocycles. The number of nitrogens with zero attached hydrogens (tertiary/aromatic N) is 2. The van der Waals surface area contributed by atoms with E-state index in [1.807, 2.05) is 13.0 Å². The average Bonchev–Trinajstić information content (AvgIpc) is 2.51. The smallest absolute Gasteiger partial charge is 0.270 e. The van der Waals surface area contributed by atoms with Gasteiger partial charge in [-0.3, -0.25) is 15.5 Å². The minimum atomic E-state index is -0.405. The van der Waals surface area contributed by atoms with E-state index in [4.69, 9.17) is 12.2 Å². The molecule has 120 valence electrons. The molecule has 0 unspecified atom stereocenters. The van der Waals surface area contributed by atoms with Crippen LogP contribution in [0.15, 0.2) is 29.4 Å². The van der Waals surface area contributed by atoms with Gasteiger partial charge in [-0.25, -0.2) is 0 Å². The first-order valence-electron chi connectivity index (χ1n) is 7.43. The molecule has 6 nitrogen and oxygen atoms in total. The van der Waals surface area contributed by atoms with Crippen LogP contribution in [0.5, 0.6) is 0 Å². The zero-order chi connectivity index (χ0) is 16.4. The van der Waals surface area contributed by atoms with E-state index in [2.05, 4.69) is 22.8 Å². The van der Waals surface area contributed by atoms with Gasteiger partial charge >= 0.3 is 0 Å². The van der Waals surface area contributed by atoms with Gasteiger partial charge in [-0.1, -0.05) is 38.8 Å².